The highest BCUT2D eigenvalue weighted by molar-refractivity contribution is 5.93. The molecule has 1 aliphatic carbocycles. The average molecular weight is 228 g/mol. The van der Waals surface area contributed by atoms with Gasteiger partial charge in [-0.3, -0.25) is 0 Å². The Balaban J connectivity index is 2.03. The first-order valence-corrected chi connectivity index (χ1v) is 5.82. The second-order valence-corrected chi connectivity index (χ2v) is 4.43. The van der Waals surface area contributed by atoms with E-state index in [0.29, 0.717) is 17.2 Å². The van der Waals surface area contributed by atoms with Crippen LogP contribution in [0.5, 0.6) is 5.75 Å². The predicted octanol–water partition coefficient (Wildman–Crippen LogP) is 3.42. The van der Waals surface area contributed by atoms with E-state index in [2.05, 4.69) is 6.92 Å². The number of benzene rings is 1. The molecule has 0 amide bonds. The normalized spacial score (nSPS) is 18.7. The predicted molar refractivity (Wildman–Crippen MR) is 67.8 cm³/mol. The molecule has 0 heterocycles. The van der Waals surface area contributed by atoms with Gasteiger partial charge in [0.2, 0.25) is 0 Å². The van der Waals surface area contributed by atoms with Gasteiger partial charge < -0.3 is 4.74 Å². The Morgan fingerprint density at radius 1 is 1.29 bits per heavy atom. The van der Waals surface area contributed by atoms with Crippen LogP contribution in [0.1, 0.15) is 18.9 Å². The van der Waals surface area contributed by atoms with Crippen molar-refractivity contribution >= 4 is 5.97 Å². The Morgan fingerprint density at radius 3 is 2.59 bits per heavy atom. The van der Waals surface area contributed by atoms with Gasteiger partial charge in [-0.1, -0.05) is 42.8 Å². The van der Waals surface area contributed by atoms with Gasteiger partial charge in [0.1, 0.15) is 5.75 Å². The first kappa shape index (κ1) is 11.6. The van der Waals surface area contributed by atoms with Gasteiger partial charge >= 0.3 is 5.97 Å². The second kappa shape index (κ2) is 5.00. The van der Waals surface area contributed by atoms with Crippen LogP contribution in [-0.4, -0.2) is 5.97 Å². The van der Waals surface area contributed by atoms with Crippen molar-refractivity contribution in [1.82, 2.24) is 0 Å². The summed E-state index contributed by atoms with van der Waals surface area (Å²) in [6.45, 7) is 4.12. The number of hydrogen-bond donors (Lipinski definition) is 0. The fraction of sp³-hybridized carbons (Fsp3) is 0.267. The minimum atomic E-state index is -0.281. The number of carbonyl (C=O) groups is 1. The molecule has 0 bridgehead atoms. The van der Waals surface area contributed by atoms with Gasteiger partial charge in [-0.05, 0) is 31.4 Å². The van der Waals surface area contributed by atoms with Gasteiger partial charge in [0, 0.05) is 0 Å². The molecule has 2 nitrogen and oxygen atoms in total. The summed E-state index contributed by atoms with van der Waals surface area (Å²) in [5, 5.41) is 0. The quantitative estimate of drug-likeness (QED) is 0.572. The summed E-state index contributed by atoms with van der Waals surface area (Å²) in [6.07, 6.45) is 6.70. The van der Waals surface area contributed by atoms with E-state index in [0.717, 1.165) is 12.0 Å². The Bertz CT molecular complexity index is 466. The molecule has 2 heteroatoms. The first-order chi connectivity index (χ1) is 8.15. The summed E-state index contributed by atoms with van der Waals surface area (Å²) >= 11 is 0. The van der Waals surface area contributed by atoms with E-state index in [-0.39, 0.29) is 5.97 Å². The molecule has 0 saturated carbocycles. The number of ether oxygens (including phenoxy) is 1. The number of aryl methyl sites for hydroxylation is 1. The smallest absolute Gasteiger partial charge is 0.343 e. The van der Waals surface area contributed by atoms with E-state index in [9.17, 15) is 4.79 Å². The first-order valence-electron chi connectivity index (χ1n) is 5.82. The van der Waals surface area contributed by atoms with Crippen LogP contribution in [0.15, 0.2) is 48.1 Å². The summed E-state index contributed by atoms with van der Waals surface area (Å²) in [7, 11) is 0. The van der Waals surface area contributed by atoms with Crippen molar-refractivity contribution in [1.29, 1.82) is 0 Å². The topological polar surface area (TPSA) is 26.3 Å². The molecular formula is C15H16O2. The lowest BCUT2D eigenvalue weighted by Crippen LogP contribution is -2.12. The Hall–Kier alpha value is -1.83. The highest BCUT2D eigenvalue weighted by Crippen LogP contribution is 2.18. The molecule has 0 radical (unpaired) electrons. The molecule has 0 N–H and O–H groups in total. The van der Waals surface area contributed by atoms with Crippen LogP contribution < -0.4 is 4.74 Å². The number of carbonyl (C=O) groups excluding carboxylic acids is 1. The summed E-state index contributed by atoms with van der Waals surface area (Å²) < 4.78 is 5.29. The third-order valence-electron chi connectivity index (χ3n) is 2.78. The molecule has 1 unspecified atom stereocenters. The molecule has 17 heavy (non-hydrogen) atoms. The SMILES string of the molecule is Cc1ccc(OC(=O)C2=CCC(C)C=C2)cc1. The highest BCUT2D eigenvalue weighted by Gasteiger charge is 2.12. The largest absolute Gasteiger partial charge is 0.423 e. The Morgan fingerprint density at radius 2 is 2.00 bits per heavy atom. The van der Waals surface area contributed by atoms with Crippen molar-refractivity contribution in [3.63, 3.8) is 0 Å². The molecule has 1 aromatic carbocycles. The minimum Gasteiger partial charge on any atom is -0.423 e. The van der Waals surface area contributed by atoms with Gasteiger partial charge in [0.25, 0.3) is 0 Å². The number of esters is 1. The van der Waals surface area contributed by atoms with Crippen molar-refractivity contribution in [3.8, 4) is 5.75 Å². The van der Waals surface area contributed by atoms with Gasteiger partial charge in [0.15, 0.2) is 0 Å². The molecule has 88 valence electrons. The summed E-state index contributed by atoms with van der Waals surface area (Å²) in [5.74, 6) is 0.816. The zero-order chi connectivity index (χ0) is 12.3. The number of rotatable bonds is 2. The molecule has 2 rings (SSSR count). The van der Waals surface area contributed by atoms with Crippen LogP contribution in [0.2, 0.25) is 0 Å². The van der Waals surface area contributed by atoms with Gasteiger partial charge in [-0.15, -0.1) is 0 Å². The minimum absolute atomic E-state index is 0.281. The van der Waals surface area contributed by atoms with E-state index < -0.39 is 0 Å². The molecule has 0 aliphatic heterocycles. The van der Waals surface area contributed by atoms with E-state index >= 15 is 0 Å². The van der Waals surface area contributed by atoms with Crippen molar-refractivity contribution < 1.29 is 9.53 Å². The summed E-state index contributed by atoms with van der Waals surface area (Å²) in [6, 6.07) is 7.47. The zero-order valence-corrected chi connectivity index (χ0v) is 10.1. The lowest BCUT2D eigenvalue weighted by Gasteiger charge is -2.11. The molecule has 1 atom stereocenters. The van der Waals surface area contributed by atoms with Crippen molar-refractivity contribution in [2.24, 2.45) is 5.92 Å². The van der Waals surface area contributed by atoms with E-state index in [1.165, 1.54) is 0 Å². The molecule has 1 aromatic rings. The van der Waals surface area contributed by atoms with Crippen LogP contribution in [0.4, 0.5) is 0 Å². The maximum Gasteiger partial charge on any atom is 0.343 e. The Labute approximate surface area is 102 Å². The second-order valence-electron chi connectivity index (χ2n) is 4.43. The molecular weight excluding hydrogens is 212 g/mol. The highest BCUT2D eigenvalue weighted by atomic mass is 16.5. The monoisotopic (exact) mass is 228 g/mol. The standard InChI is InChI=1S/C15H16O2/c1-11-3-7-13(8-4-11)15(16)17-14-9-5-12(2)6-10-14/h3,5-11H,4H2,1-2H3. The average Bonchev–Trinajstić information content (AvgIpc) is 2.33. The molecule has 0 fully saturated rings. The maximum atomic E-state index is 11.8. The van der Waals surface area contributed by atoms with Crippen LogP contribution >= 0.6 is 0 Å². The van der Waals surface area contributed by atoms with Crippen LogP contribution in [0, 0.1) is 12.8 Å². The maximum absolute atomic E-state index is 11.8. The third-order valence-corrected chi connectivity index (χ3v) is 2.78. The molecule has 0 aromatic heterocycles. The lowest BCUT2D eigenvalue weighted by atomic mass is 9.99. The van der Waals surface area contributed by atoms with Crippen LogP contribution in [-0.2, 0) is 4.79 Å². The fourth-order valence-electron chi connectivity index (χ4n) is 1.65. The molecule has 1 aliphatic rings. The van der Waals surface area contributed by atoms with E-state index in [1.807, 2.05) is 49.4 Å². The summed E-state index contributed by atoms with van der Waals surface area (Å²) in [4.78, 5) is 11.8. The van der Waals surface area contributed by atoms with Crippen molar-refractivity contribution in [2.75, 3.05) is 0 Å². The summed E-state index contributed by atoms with van der Waals surface area (Å²) in [5.41, 5.74) is 1.79. The fourth-order valence-corrected chi connectivity index (χ4v) is 1.65. The van der Waals surface area contributed by atoms with Gasteiger partial charge in [-0.2, -0.15) is 0 Å². The van der Waals surface area contributed by atoms with Crippen molar-refractivity contribution in [3.05, 3.63) is 53.6 Å². The van der Waals surface area contributed by atoms with Crippen LogP contribution in [0.25, 0.3) is 0 Å². The lowest BCUT2D eigenvalue weighted by molar-refractivity contribution is -0.129. The number of hydrogen-bond acceptors (Lipinski definition) is 2. The van der Waals surface area contributed by atoms with E-state index in [1.54, 1.807) is 0 Å². The van der Waals surface area contributed by atoms with Gasteiger partial charge in [-0.25, -0.2) is 4.79 Å². The third kappa shape index (κ3) is 3.06. The van der Waals surface area contributed by atoms with Crippen molar-refractivity contribution in [2.45, 2.75) is 20.3 Å². The zero-order valence-electron chi connectivity index (χ0n) is 10.1. The molecule has 0 spiro atoms. The van der Waals surface area contributed by atoms with Crippen LogP contribution in [0.3, 0.4) is 0 Å². The molecule has 0 saturated heterocycles. The van der Waals surface area contributed by atoms with E-state index in [4.69, 9.17) is 4.74 Å². The Kier molecular flexibility index (Phi) is 3.43. The number of allylic oxidation sites excluding steroid dienone is 2. The van der Waals surface area contributed by atoms with Gasteiger partial charge in [0.05, 0.1) is 5.57 Å².